The molecule has 0 heterocycles. The van der Waals surface area contributed by atoms with Crippen molar-refractivity contribution in [3.63, 3.8) is 0 Å². The largest absolute Gasteiger partial charge is 0.294 e. The Balaban J connectivity index is 2.72. The minimum Gasteiger partial charge on any atom is -0.294 e. The number of hydrogen-bond acceptors (Lipinski definition) is 1. The minimum atomic E-state index is -0.0891. The predicted octanol–water partition coefficient (Wildman–Crippen LogP) is 3.20. The Hall–Kier alpha value is -0.820. The molecule has 0 saturated heterocycles. The summed E-state index contributed by atoms with van der Waals surface area (Å²) in [5.41, 5.74) is 1.91. The summed E-state index contributed by atoms with van der Waals surface area (Å²) in [6.45, 7) is 3.83. The number of aryl methyl sites for hydroxylation is 1. The number of ketones is 1. The Morgan fingerprint density at radius 1 is 1.38 bits per heavy atom. The van der Waals surface area contributed by atoms with Crippen molar-refractivity contribution < 1.29 is 4.79 Å². The van der Waals surface area contributed by atoms with Crippen LogP contribution in [0.5, 0.6) is 0 Å². The summed E-state index contributed by atoms with van der Waals surface area (Å²) < 4.78 is 0. The first-order valence-electron chi connectivity index (χ1n) is 4.33. The van der Waals surface area contributed by atoms with Crippen molar-refractivity contribution in [2.75, 3.05) is 0 Å². The summed E-state index contributed by atoms with van der Waals surface area (Å²) in [4.78, 5) is 11.5. The second-order valence-electron chi connectivity index (χ2n) is 3.27. The Kier molecular flexibility index (Phi) is 3.49. The third-order valence-electron chi connectivity index (χ3n) is 1.84. The number of rotatable bonds is 3. The van der Waals surface area contributed by atoms with Gasteiger partial charge >= 0.3 is 0 Å². The first-order valence-corrected chi connectivity index (χ1v) is 4.77. The topological polar surface area (TPSA) is 17.1 Å². The van der Waals surface area contributed by atoms with Gasteiger partial charge in [0.1, 0.15) is 0 Å². The van der Waals surface area contributed by atoms with Crippen molar-refractivity contribution in [2.24, 2.45) is 0 Å². The highest BCUT2D eigenvalue weighted by Crippen LogP contribution is 2.10. The van der Waals surface area contributed by atoms with E-state index in [0.29, 0.717) is 6.42 Å². The summed E-state index contributed by atoms with van der Waals surface area (Å²) >= 11 is 5.73. The smallest absolute Gasteiger partial charge is 0.164 e. The summed E-state index contributed by atoms with van der Waals surface area (Å²) in [6.07, 6.45) is 0.407. The molecule has 0 bridgehead atoms. The second kappa shape index (κ2) is 4.43. The fourth-order valence-electron chi connectivity index (χ4n) is 1.11. The maximum atomic E-state index is 11.5. The summed E-state index contributed by atoms with van der Waals surface area (Å²) in [7, 11) is 0. The van der Waals surface area contributed by atoms with Crippen LogP contribution in [0.3, 0.4) is 0 Å². The zero-order valence-corrected chi connectivity index (χ0v) is 8.64. The maximum absolute atomic E-state index is 11.5. The monoisotopic (exact) mass is 196 g/mol. The minimum absolute atomic E-state index is 0.0891. The lowest BCUT2D eigenvalue weighted by molar-refractivity contribution is 0.0983. The van der Waals surface area contributed by atoms with Crippen LogP contribution >= 0.6 is 11.6 Å². The highest BCUT2D eigenvalue weighted by molar-refractivity contribution is 6.22. The highest BCUT2D eigenvalue weighted by Gasteiger charge is 2.08. The molecule has 0 aromatic heterocycles. The van der Waals surface area contributed by atoms with E-state index in [9.17, 15) is 4.79 Å². The summed E-state index contributed by atoms with van der Waals surface area (Å²) in [6, 6.07) is 7.56. The molecule has 1 rings (SSSR count). The third-order valence-corrected chi connectivity index (χ3v) is 1.99. The van der Waals surface area contributed by atoms with E-state index >= 15 is 0 Å². The Morgan fingerprint density at radius 3 is 2.38 bits per heavy atom. The van der Waals surface area contributed by atoms with Crippen LogP contribution in [0, 0.1) is 6.92 Å². The standard InChI is InChI=1S/C11H13ClO/c1-8-3-5-10(6-4-8)11(13)7-9(2)12/h3-6,9H,7H2,1-2H3. The van der Waals surface area contributed by atoms with Crippen molar-refractivity contribution >= 4 is 17.4 Å². The van der Waals surface area contributed by atoms with Crippen molar-refractivity contribution in [1.82, 2.24) is 0 Å². The molecule has 1 atom stereocenters. The SMILES string of the molecule is Cc1ccc(C(=O)CC(C)Cl)cc1. The molecule has 0 radical (unpaired) electrons. The van der Waals surface area contributed by atoms with Crippen molar-refractivity contribution in [3.05, 3.63) is 35.4 Å². The molecule has 2 heteroatoms. The quantitative estimate of drug-likeness (QED) is 0.536. The zero-order valence-electron chi connectivity index (χ0n) is 7.88. The molecule has 13 heavy (non-hydrogen) atoms. The fourth-order valence-corrected chi connectivity index (χ4v) is 1.25. The number of carbonyl (C=O) groups is 1. The molecule has 1 nitrogen and oxygen atoms in total. The van der Waals surface area contributed by atoms with Gasteiger partial charge in [0.15, 0.2) is 5.78 Å². The van der Waals surface area contributed by atoms with Crippen molar-refractivity contribution in [2.45, 2.75) is 25.6 Å². The molecule has 1 unspecified atom stereocenters. The Bertz CT molecular complexity index is 287. The molecule has 1 aromatic rings. The molecule has 0 spiro atoms. The lowest BCUT2D eigenvalue weighted by Gasteiger charge is -2.02. The van der Waals surface area contributed by atoms with Crippen LogP contribution in [0.25, 0.3) is 0 Å². The molecule has 0 fully saturated rings. The number of carbonyl (C=O) groups excluding carboxylic acids is 1. The molecule has 0 N–H and O–H groups in total. The Labute approximate surface area is 83.7 Å². The third kappa shape index (κ3) is 3.19. The average Bonchev–Trinajstić information content (AvgIpc) is 2.04. The van der Waals surface area contributed by atoms with E-state index in [1.807, 2.05) is 38.1 Å². The summed E-state index contributed by atoms with van der Waals surface area (Å²) in [5, 5.41) is -0.0891. The van der Waals surface area contributed by atoms with Gasteiger partial charge in [-0.15, -0.1) is 11.6 Å². The van der Waals surface area contributed by atoms with Crippen LogP contribution in [-0.2, 0) is 0 Å². The zero-order chi connectivity index (χ0) is 9.84. The van der Waals surface area contributed by atoms with Gasteiger partial charge in [-0.1, -0.05) is 29.8 Å². The van der Waals surface area contributed by atoms with E-state index < -0.39 is 0 Å². The fraction of sp³-hybridized carbons (Fsp3) is 0.364. The molecular formula is C11H13ClO. The van der Waals surface area contributed by atoms with Gasteiger partial charge < -0.3 is 0 Å². The molecular weight excluding hydrogens is 184 g/mol. The molecule has 0 aliphatic carbocycles. The molecule has 1 aromatic carbocycles. The number of Topliss-reactive ketones (excluding diaryl/α,β-unsaturated/α-hetero) is 1. The predicted molar refractivity (Wildman–Crippen MR) is 55.4 cm³/mol. The van der Waals surface area contributed by atoms with Gasteiger partial charge in [0, 0.05) is 17.4 Å². The number of alkyl halides is 1. The molecule has 0 aliphatic rings. The van der Waals surface area contributed by atoms with E-state index in [1.165, 1.54) is 0 Å². The van der Waals surface area contributed by atoms with Crippen LogP contribution in [0.4, 0.5) is 0 Å². The van der Waals surface area contributed by atoms with Gasteiger partial charge in [0.05, 0.1) is 0 Å². The Morgan fingerprint density at radius 2 is 1.92 bits per heavy atom. The highest BCUT2D eigenvalue weighted by atomic mass is 35.5. The number of benzene rings is 1. The maximum Gasteiger partial charge on any atom is 0.164 e. The van der Waals surface area contributed by atoms with Crippen molar-refractivity contribution in [3.8, 4) is 0 Å². The molecule has 0 saturated carbocycles. The molecule has 0 amide bonds. The van der Waals surface area contributed by atoms with Gasteiger partial charge in [-0.05, 0) is 13.8 Å². The normalized spacial score (nSPS) is 12.5. The van der Waals surface area contributed by atoms with Crippen LogP contribution in [0.15, 0.2) is 24.3 Å². The summed E-state index contributed by atoms with van der Waals surface area (Å²) in [5.74, 6) is 0.113. The van der Waals surface area contributed by atoms with Gasteiger partial charge in [-0.2, -0.15) is 0 Å². The number of halogens is 1. The second-order valence-corrected chi connectivity index (χ2v) is 4.02. The van der Waals surface area contributed by atoms with Crippen LogP contribution in [0.1, 0.15) is 29.3 Å². The van der Waals surface area contributed by atoms with E-state index in [0.717, 1.165) is 11.1 Å². The van der Waals surface area contributed by atoms with Crippen LogP contribution < -0.4 is 0 Å². The molecule has 70 valence electrons. The van der Waals surface area contributed by atoms with Crippen LogP contribution in [-0.4, -0.2) is 11.2 Å². The van der Waals surface area contributed by atoms with E-state index in [2.05, 4.69) is 0 Å². The van der Waals surface area contributed by atoms with E-state index in [4.69, 9.17) is 11.6 Å². The lowest BCUT2D eigenvalue weighted by atomic mass is 10.1. The van der Waals surface area contributed by atoms with E-state index in [-0.39, 0.29) is 11.2 Å². The van der Waals surface area contributed by atoms with Gasteiger partial charge in [-0.25, -0.2) is 0 Å². The first-order chi connectivity index (χ1) is 6.09. The van der Waals surface area contributed by atoms with Crippen molar-refractivity contribution in [1.29, 1.82) is 0 Å². The number of hydrogen-bond donors (Lipinski definition) is 0. The van der Waals surface area contributed by atoms with E-state index in [1.54, 1.807) is 0 Å². The average molecular weight is 197 g/mol. The van der Waals surface area contributed by atoms with Gasteiger partial charge in [0.25, 0.3) is 0 Å². The van der Waals surface area contributed by atoms with Gasteiger partial charge in [-0.3, -0.25) is 4.79 Å². The van der Waals surface area contributed by atoms with Gasteiger partial charge in [0.2, 0.25) is 0 Å². The lowest BCUT2D eigenvalue weighted by Crippen LogP contribution is -2.04. The molecule has 0 aliphatic heterocycles. The first kappa shape index (κ1) is 10.3. The van der Waals surface area contributed by atoms with Crippen LogP contribution in [0.2, 0.25) is 0 Å².